The van der Waals surface area contributed by atoms with Crippen molar-refractivity contribution < 1.29 is 14.3 Å². The van der Waals surface area contributed by atoms with Crippen molar-refractivity contribution >= 4 is 11.5 Å². The smallest absolute Gasteiger partial charge is 0.339 e. The predicted octanol–water partition coefficient (Wildman–Crippen LogP) is 3.70. The van der Waals surface area contributed by atoms with Gasteiger partial charge in [0.1, 0.15) is 5.60 Å². The van der Waals surface area contributed by atoms with E-state index in [-0.39, 0.29) is 12.1 Å². The van der Waals surface area contributed by atoms with E-state index >= 15 is 0 Å². The van der Waals surface area contributed by atoms with Crippen molar-refractivity contribution in [3.05, 3.63) is 77.4 Å². The fourth-order valence-corrected chi connectivity index (χ4v) is 3.56. The number of fused-ring (bicyclic) bond motifs is 1. The van der Waals surface area contributed by atoms with E-state index in [4.69, 9.17) is 9.47 Å². The summed E-state index contributed by atoms with van der Waals surface area (Å²) in [4.78, 5) is 12.5. The van der Waals surface area contributed by atoms with Gasteiger partial charge in [-0.05, 0) is 30.0 Å². The second kappa shape index (κ2) is 5.36. The SMILES string of the molecule is CC1(c2ccccc2)OCCC2=C(c3ccccc3)C(=O)OC21. The molecule has 2 heterocycles. The lowest BCUT2D eigenvalue weighted by Gasteiger charge is -2.40. The van der Waals surface area contributed by atoms with Crippen molar-refractivity contribution in [1.82, 2.24) is 0 Å². The van der Waals surface area contributed by atoms with Crippen LogP contribution < -0.4 is 0 Å². The van der Waals surface area contributed by atoms with Crippen molar-refractivity contribution in [2.75, 3.05) is 6.61 Å². The van der Waals surface area contributed by atoms with Gasteiger partial charge in [0, 0.05) is 0 Å². The number of hydrogen-bond acceptors (Lipinski definition) is 3. The second-order valence-electron chi connectivity index (χ2n) is 6.12. The van der Waals surface area contributed by atoms with E-state index in [9.17, 15) is 4.79 Å². The van der Waals surface area contributed by atoms with E-state index in [1.165, 1.54) is 0 Å². The quantitative estimate of drug-likeness (QED) is 0.794. The van der Waals surface area contributed by atoms with Gasteiger partial charge in [0.15, 0.2) is 6.10 Å². The van der Waals surface area contributed by atoms with Crippen LogP contribution in [0.5, 0.6) is 0 Å². The maximum atomic E-state index is 12.5. The van der Waals surface area contributed by atoms with Crippen LogP contribution in [0.3, 0.4) is 0 Å². The van der Waals surface area contributed by atoms with Crippen molar-refractivity contribution in [2.45, 2.75) is 25.0 Å². The first-order valence-electron chi connectivity index (χ1n) is 7.89. The monoisotopic (exact) mass is 306 g/mol. The number of carbonyl (C=O) groups is 1. The highest BCUT2D eigenvalue weighted by Gasteiger charge is 2.50. The van der Waals surface area contributed by atoms with E-state index in [1.807, 2.05) is 67.6 Å². The maximum absolute atomic E-state index is 12.5. The maximum Gasteiger partial charge on any atom is 0.339 e. The Labute approximate surface area is 135 Å². The molecular formula is C20H18O3. The summed E-state index contributed by atoms with van der Waals surface area (Å²) in [6, 6.07) is 19.7. The zero-order chi connectivity index (χ0) is 15.9. The molecule has 116 valence electrons. The molecule has 2 aliphatic heterocycles. The van der Waals surface area contributed by atoms with Crippen LogP contribution in [-0.4, -0.2) is 18.7 Å². The fourth-order valence-electron chi connectivity index (χ4n) is 3.56. The Kier molecular flexibility index (Phi) is 3.31. The van der Waals surface area contributed by atoms with Crippen LogP contribution >= 0.6 is 0 Å². The largest absolute Gasteiger partial charge is 0.451 e. The third-order valence-corrected chi connectivity index (χ3v) is 4.75. The van der Waals surface area contributed by atoms with Crippen molar-refractivity contribution in [3.63, 3.8) is 0 Å². The molecule has 1 saturated heterocycles. The number of benzene rings is 2. The van der Waals surface area contributed by atoms with Crippen molar-refractivity contribution in [1.29, 1.82) is 0 Å². The van der Waals surface area contributed by atoms with Gasteiger partial charge < -0.3 is 9.47 Å². The van der Waals surface area contributed by atoms with E-state index < -0.39 is 5.60 Å². The van der Waals surface area contributed by atoms with Crippen LogP contribution in [0.2, 0.25) is 0 Å². The third kappa shape index (κ3) is 2.20. The first-order chi connectivity index (χ1) is 11.2. The Hall–Kier alpha value is -2.39. The van der Waals surface area contributed by atoms with Crippen molar-refractivity contribution in [3.8, 4) is 0 Å². The first-order valence-corrected chi connectivity index (χ1v) is 7.89. The minimum Gasteiger partial charge on any atom is -0.451 e. The summed E-state index contributed by atoms with van der Waals surface area (Å²) in [5.41, 5.74) is 3.08. The van der Waals surface area contributed by atoms with Gasteiger partial charge in [-0.15, -0.1) is 0 Å². The van der Waals surface area contributed by atoms with Gasteiger partial charge in [0.2, 0.25) is 0 Å². The minimum absolute atomic E-state index is 0.246. The second-order valence-corrected chi connectivity index (χ2v) is 6.12. The van der Waals surface area contributed by atoms with Crippen LogP contribution in [0, 0.1) is 0 Å². The number of esters is 1. The van der Waals surface area contributed by atoms with Gasteiger partial charge >= 0.3 is 5.97 Å². The number of carbonyl (C=O) groups excluding carboxylic acids is 1. The van der Waals surface area contributed by atoms with Gasteiger partial charge in [0.25, 0.3) is 0 Å². The number of hydrogen-bond donors (Lipinski definition) is 0. The Morgan fingerprint density at radius 1 is 1.00 bits per heavy atom. The lowest BCUT2D eigenvalue weighted by atomic mass is 9.81. The molecule has 2 aliphatic rings. The molecule has 2 aromatic rings. The molecule has 3 heteroatoms. The Bertz CT molecular complexity index is 764. The molecule has 0 aliphatic carbocycles. The topological polar surface area (TPSA) is 35.5 Å². The standard InChI is InChI=1S/C20H18O3/c1-20(15-10-6-3-7-11-15)18-16(12-13-22-20)17(19(21)23-18)14-8-4-2-5-9-14/h2-11,18H,12-13H2,1H3. The average molecular weight is 306 g/mol. The molecule has 23 heavy (non-hydrogen) atoms. The molecule has 0 spiro atoms. The molecule has 3 nitrogen and oxygen atoms in total. The van der Waals surface area contributed by atoms with E-state index in [1.54, 1.807) is 0 Å². The highest BCUT2D eigenvalue weighted by Crippen LogP contribution is 2.46. The van der Waals surface area contributed by atoms with Crippen LogP contribution in [0.4, 0.5) is 0 Å². The van der Waals surface area contributed by atoms with Crippen LogP contribution in [0.1, 0.15) is 24.5 Å². The number of ether oxygens (including phenoxy) is 2. The van der Waals surface area contributed by atoms with E-state index in [2.05, 4.69) is 0 Å². The van der Waals surface area contributed by atoms with E-state index in [0.717, 1.165) is 23.1 Å². The summed E-state index contributed by atoms with van der Waals surface area (Å²) < 4.78 is 11.9. The minimum atomic E-state index is -0.638. The highest BCUT2D eigenvalue weighted by atomic mass is 16.6. The predicted molar refractivity (Wildman–Crippen MR) is 87.6 cm³/mol. The van der Waals surface area contributed by atoms with Crippen LogP contribution in [-0.2, 0) is 19.9 Å². The van der Waals surface area contributed by atoms with Gasteiger partial charge in [-0.25, -0.2) is 4.79 Å². The molecule has 2 unspecified atom stereocenters. The van der Waals surface area contributed by atoms with Gasteiger partial charge in [-0.1, -0.05) is 60.7 Å². The molecule has 4 rings (SSSR count). The highest BCUT2D eigenvalue weighted by molar-refractivity contribution is 6.19. The summed E-state index contributed by atoms with van der Waals surface area (Å²) in [7, 11) is 0. The number of rotatable bonds is 2. The molecule has 0 radical (unpaired) electrons. The molecule has 0 amide bonds. The zero-order valence-electron chi connectivity index (χ0n) is 13.0. The first kappa shape index (κ1) is 14.2. The molecule has 2 atom stereocenters. The molecule has 0 N–H and O–H groups in total. The Balaban J connectivity index is 1.83. The summed E-state index contributed by atoms with van der Waals surface area (Å²) in [5, 5.41) is 0. The van der Waals surface area contributed by atoms with Gasteiger partial charge in [-0.2, -0.15) is 0 Å². The third-order valence-electron chi connectivity index (χ3n) is 4.75. The molecule has 2 aromatic carbocycles. The normalized spacial score (nSPS) is 26.8. The average Bonchev–Trinajstić information content (AvgIpc) is 2.94. The van der Waals surface area contributed by atoms with E-state index in [0.29, 0.717) is 12.2 Å². The van der Waals surface area contributed by atoms with Crippen molar-refractivity contribution in [2.24, 2.45) is 0 Å². The molecule has 0 saturated carbocycles. The van der Waals surface area contributed by atoms with Gasteiger partial charge in [-0.3, -0.25) is 0 Å². The molecular weight excluding hydrogens is 288 g/mol. The summed E-state index contributed by atoms with van der Waals surface area (Å²) in [5.74, 6) is -0.246. The lowest BCUT2D eigenvalue weighted by molar-refractivity contribution is -0.163. The zero-order valence-corrected chi connectivity index (χ0v) is 13.0. The lowest BCUT2D eigenvalue weighted by Crippen LogP contribution is -2.44. The van der Waals surface area contributed by atoms with Crippen LogP contribution in [0.25, 0.3) is 5.57 Å². The molecule has 0 bridgehead atoms. The van der Waals surface area contributed by atoms with Gasteiger partial charge in [0.05, 0.1) is 12.2 Å². The fraction of sp³-hybridized carbons (Fsp3) is 0.250. The molecule has 1 fully saturated rings. The summed E-state index contributed by atoms with van der Waals surface area (Å²) in [6.45, 7) is 2.59. The Morgan fingerprint density at radius 3 is 2.35 bits per heavy atom. The Morgan fingerprint density at radius 2 is 1.65 bits per heavy atom. The summed E-state index contributed by atoms with van der Waals surface area (Å²) >= 11 is 0. The summed E-state index contributed by atoms with van der Waals surface area (Å²) in [6.07, 6.45) is 0.365. The molecule has 0 aromatic heterocycles. The van der Waals surface area contributed by atoms with Crippen LogP contribution in [0.15, 0.2) is 66.2 Å².